The minimum Gasteiger partial charge on any atom is -0.467 e. The Bertz CT molecular complexity index is 923. The smallest absolute Gasteiger partial charge is 0.316 e. The molecule has 7 heteroatoms. The van der Waals surface area contributed by atoms with Crippen LogP contribution in [0.25, 0.3) is 0 Å². The van der Waals surface area contributed by atoms with Crippen molar-refractivity contribution in [1.82, 2.24) is 19.8 Å². The molecule has 1 atom stereocenters. The summed E-state index contributed by atoms with van der Waals surface area (Å²) in [6, 6.07) is 11.3. The minimum atomic E-state index is -0.647. The van der Waals surface area contributed by atoms with Crippen LogP contribution in [0.5, 0.6) is 6.01 Å². The molecule has 33 heavy (non-hydrogen) atoms. The van der Waals surface area contributed by atoms with Gasteiger partial charge in [0, 0.05) is 24.2 Å². The van der Waals surface area contributed by atoms with Crippen LogP contribution in [0.1, 0.15) is 50.5 Å². The average molecular weight is 452 g/mol. The zero-order valence-electron chi connectivity index (χ0n) is 20.2. The molecule has 2 saturated carbocycles. The van der Waals surface area contributed by atoms with Crippen molar-refractivity contribution in [1.29, 1.82) is 0 Å². The first kappa shape index (κ1) is 22.6. The fourth-order valence-electron chi connectivity index (χ4n) is 6.25. The number of hydrogen-bond donors (Lipinski definition) is 1. The van der Waals surface area contributed by atoms with Crippen molar-refractivity contribution in [3.63, 3.8) is 0 Å². The van der Waals surface area contributed by atoms with Gasteiger partial charge in [0.15, 0.2) is 6.35 Å². The Labute approximate surface area is 197 Å². The number of aliphatic hydroxyl groups excluding tert-OH is 1. The molecule has 3 fully saturated rings. The molecule has 5 rings (SSSR count). The van der Waals surface area contributed by atoms with E-state index in [-0.39, 0.29) is 11.1 Å². The van der Waals surface area contributed by atoms with Crippen LogP contribution in [-0.2, 0) is 5.54 Å². The summed E-state index contributed by atoms with van der Waals surface area (Å²) in [6.07, 6.45) is 11.0. The number of anilines is 1. The van der Waals surface area contributed by atoms with Crippen LogP contribution >= 0.6 is 0 Å². The lowest BCUT2D eigenvalue weighted by atomic mass is 9.68. The fraction of sp³-hybridized carbons (Fsp3) is 0.615. The standard InChI is InChI=1S/C26H37N5O2/c1-29(2)26(21-10-5-4-6-11-21)14-12-25(13-15-26)19-30(22-16-27-23(33-3)28-17-22)24(32)31(25)18-20-8-7-9-20/h4-6,10-11,16-17,20,24,32H,7-9,12-15,18-19H2,1-3H3. The van der Waals surface area contributed by atoms with Gasteiger partial charge in [0.05, 0.1) is 25.2 Å². The van der Waals surface area contributed by atoms with Gasteiger partial charge in [0.1, 0.15) is 0 Å². The predicted octanol–water partition coefficient (Wildman–Crippen LogP) is 3.45. The van der Waals surface area contributed by atoms with Crippen molar-refractivity contribution in [2.24, 2.45) is 5.92 Å². The number of aromatic nitrogens is 2. The molecule has 2 heterocycles. The number of ether oxygens (including phenoxy) is 1. The number of benzene rings is 1. The number of nitrogens with zero attached hydrogens (tertiary/aromatic N) is 5. The Kier molecular flexibility index (Phi) is 6.05. The Morgan fingerprint density at radius 1 is 1.06 bits per heavy atom. The molecule has 7 nitrogen and oxygen atoms in total. The van der Waals surface area contributed by atoms with Gasteiger partial charge in [-0.25, -0.2) is 9.97 Å². The summed E-state index contributed by atoms with van der Waals surface area (Å²) >= 11 is 0. The molecule has 1 N–H and O–H groups in total. The van der Waals surface area contributed by atoms with Crippen LogP contribution in [0.2, 0.25) is 0 Å². The van der Waals surface area contributed by atoms with E-state index in [1.165, 1.54) is 24.8 Å². The third kappa shape index (κ3) is 3.90. The van der Waals surface area contributed by atoms with E-state index >= 15 is 0 Å². The SMILES string of the molecule is COc1ncc(N2CC3(CCC(c4ccccc4)(N(C)C)CC3)N(CC3CCC3)C2O)cn1. The van der Waals surface area contributed by atoms with Crippen LogP contribution < -0.4 is 9.64 Å². The molecule has 0 bridgehead atoms. The lowest BCUT2D eigenvalue weighted by Gasteiger charge is -2.52. The zero-order valence-corrected chi connectivity index (χ0v) is 20.2. The Balaban J connectivity index is 1.43. The third-order valence-corrected chi connectivity index (χ3v) is 8.61. The summed E-state index contributed by atoms with van der Waals surface area (Å²) in [7, 11) is 5.99. The van der Waals surface area contributed by atoms with Gasteiger partial charge in [-0.1, -0.05) is 36.8 Å². The second-order valence-corrected chi connectivity index (χ2v) is 10.4. The van der Waals surface area contributed by atoms with Crippen LogP contribution in [-0.4, -0.2) is 71.1 Å². The first-order valence-electron chi connectivity index (χ1n) is 12.3. The Morgan fingerprint density at radius 3 is 2.27 bits per heavy atom. The highest BCUT2D eigenvalue weighted by Crippen LogP contribution is 2.50. The molecule has 1 saturated heterocycles. The van der Waals surface area contributed by atoms with Crippen molar-refractivity contribution in [2.45, 2.75) is 62.4 Å². The van der Waals surface area contributed by atoms with Crippen LogP contribution in [0.3, 0.4) is 0 Å². The maximum absolute atomic E-state index is 11.5. The monoisotopic (exact) mass is 451 g/mol. The van der Waals surface area contributed by atoms with E-state index in [1.54, 1.807) is 19.5 Å². The molecule has 3 aliphatic rings. The molecule has 1 spiro atoms. The number of hydrogen-bond acceptors (Lipinski definition) is 7. The lowest BCUT2D eigenvalue weighted by Crippen LogP contribution is -2.57. The van der Waals surface area contributed by atoms with Crippen molar-refractivity contribution < 1.29 is 9.84 Å². The van der Waals surface area contributed by atoms with E-state index in [0.717, 1.165) is 44.5 Å². The summed E-state index contributed by atoms with van der Waals surface area (Å²) < 4.78 is 5.13. The van der Waals surface area contributed by atoms with Gasteiger partial charge in [-0.05, 0) is 64.1 Å². The number of rotatable bonds is 6. The molecule has 1 aromatic heterocycles. The van der Waals surface area contributed by atoms with Gasteiger partial charge in [0.2, 0.25) is 0 Å². The van der Waals surface area contributed by atoms with Gasteiger partial charge in [-0.2, -0.15) is 0 Å². The highest BCUT2D eigenvalue weighted by atomic mass is 16.5. The number of aliphatic hydroxyl groups is 1. The van der Waals surface area contributed by atoms with Gasteiger partial charge >= 0.3 is 6.01 Å². The molecule has 178 valence electrons. The van der Waals surface area contributed by atoms with Crippen LogP contribution in [0.15, 0.2) is 42.7 Å². The van der Waals surface area contributed by atoms with E-state index in [4.69, 9.17) is 4.74 Å². The van der Waals surface area contributed by atoms with Crippen LogP contribution in [0, 0.1) is 5.92 Å². The maximum Gasteiger partial charge on any atom is 0.316 e. The number of methoxy groups -OCH3 is 1. The first-order valence-corrected chi connectivity index (χ1v) is 12.3. The summed E-state index contributed by atoms with van der Waals surface area (Å²) in [5, 5.41) is 11.5. The predicted molar refractivity (Wildman–Crippen MR) is 129 cm³/mol. The van der Waals surface area contributed by atoms with Crippen molar-refractivity contribution in [3.8, 4) is 6.01 Å². The molecule has 2 aliphatic carbocycles. The van der Waals surface area contributed by atoms with Crippen molar-refractivity contribution in [3.05, 3.63) is 48.3 Å². The summed E-state index contributed by atoms with van der Waals surface area (Å²) in [4.78, 5) is 15.5. The molecular weight excluding hydrogens is 414 g/mol. The largest absolute Gasteiger partial charge is 0.467 e. The summed E-state index contributed by atoms with van der Waals surface area (Å²) in [5.41, 5.74) is 2.25. The van der Waals surface area contributed by atoms with Gasteiger partial charge in [-0.3, -0.25) is 9.80 Å². The third-order valence-electron chi connectivity index (χ3n) is 8.61. The molecule has 1 aliphatic heterocycles. The summed E-state index contributed by atoms with van der Waals surface area (Å²) in [5.74, 6) is 0.693. The van der Waals surface area contributed by atoms with E-state index in [9.17, 15) is 5.11 Å². The highest BCUT2D eigenvalue weighted by molar-refractivity contribution is 5.46. The Morgan fingerprint density at radius 2 is 1.73 bits per heavy atom. The van der Waals surface area contributed by atoms with Gasteiger partial charge in [-0.15, -0.1) is 0 Å². The van der Waals surface area contributed by atoms with Crippen molar-refractivity contribution in [2.75, 3.05) is 39.2 Å². The molecule has 0 amide bonds. The highest BCUT2D eigenvalue weighted by Gasteiger charge is 2.55. The van der Waals surface area contributed by atoms with E-state index < -0.39 is 6.35 Å². The summed E-state index contributed by atoms with van der Waals surface area (Å²) in [6.45, 7) is 1.77. The van der Waals surface area contributed by atoms with Gasteiger partial charge < -0.3 is 14.7 Å². The van der Waals surface area contributed by atoms with E-state index in [1.807, 2.05) is 0 Å². The second kappa shape index (κ2) is 8.85. The fourth-order valence-corrected chi connectivity index (χ4v) is 6.25. The van der Waals surface area contributed by atoms with Crippen LogP contribution in [0.4, 0.5) is 5.69 Å². The molecule has 2 aromatic rings. The van der Waals surface area contributed by atoms with Crippen molar-refractivity contribution >= 4 is 5.69 Å². The van der Waals surface area contributed by atoms with Gasteiger partial charge in [0.25, 0.3) is 0 Å². The topological polar surface area (TPSA) is 65.0 Å². The maximum atomic E-state index is 11.5. The zero-order chi connectivity index (χ0) is 23.1. The van der Waals surface area contributed by atoms with E-state index in [0.29, 0.717) is 11.9 Å². The first-order chi connectivity index (χ1) is 16.0. The van der Waals surface area contributed by atoms with E-state index in [2.05, 4.69) is 69.1 Å². The molecule has 1 unspecified atom stereocenters. The lowest BCUT2D eigenvalue weighted by molar-refractivity contribution is -0.0661. The average Bonchev–Trinajstić information content (AvgIpc) is 3.08. The normalized spacial score (nSPS) is 30.7. The quantitative estimate of drug-likeness (QED) is 0.722. The Hall–Kier alpha value is -2.22. The second-order valence-electron chi connectivity index (χ2n) is 10.4. The molecular formula is C26H37N5O2. The molecule has 0 radical (unpaired) electrons. The molecule has 1 aromatic carbocycles. The minimum absolute atomic E-state index is 0.0379.